The lowest BCUT2D eigenvalue weighted by atomic mass is 10.2. The third-order valence-electron chi connectivity index (χ3n) is 1.66. The lowest BCUT2D eigenvalue weighted by Crippen LogP contribution is -2.41. The number of rotatable bonds is 4. The van der Waals surface area contributed by atoms with Gasteiger partial charge in [-0.3, -0.25) is 4.79 Å². The molecule has 4 nitrogen and oxygen atoms in total. The molecule has 0 radical (unpaired) electrons. The van der Waals surface area contributed by atoms with Gasteiger partial charge in [0.25, 0.3) is 0 Å². The molecule has 0 N–H and O–H groups in total. The monoisotopic (exact) mass is 281 g/mol. The van der Waals surface area contributed by atoms with Gasteiger partial charge in [0.15, 0.2) is 0 Å². The Morgan fingerprint density at radius 3 is 2.19 bits per heavy atom. The fourth-order valence-electron chi connectivity index (χ4n) is 1.16. The lowest BCUT2D eigenvalue weighted by Gasteiger charge is -2.21. The molecule has 96 valence electrons. The van der Waals surface area contributed by atoms with Gasteiger partial charge in [-0.1, -0.05) is 6.92 Å². The molecule has 0 fully saturated rings. The van der Waals surface area contributed by atoms with E-state index in [2.05, 4.69) is 0 Å². The molecule has 0 aromatic heterocycles. The summed E-state index contributed by atoms with van der Waals surface area (Å²) in [5, 5.41) is 0. The largest absolute Gasteiger partial charge is 0.471 e. The summed E-state index contributed by atoms with van der Waals surface area (Å²) in [4.78, 5) is 11.1. The zero-order valence-electron chi connectivity index (χ0n) is 8.58. The van der Waals surface area contributed by atoms with E-state index < -0.39 is 32.8 Å². The highest BCUT2D eigenvalue weighted by Crippen LogP contribution is 2.18. The van der Waals surface area contributed by atoms with Gasteiger partial charge in [-0.25, -0.2) is 8.42 Å². The van der Waals surface area contributed by atoms with Crippen LogP contribution in [-0.4, -0.2) is 44.7 Å². The number of amides is 1. The minimum Gasteiger partial charge on any atom is -0.338 e. The van der Waals surface area contributed by atoms with Crippen molar-refractivity contribution in [1.82, 2.24) is 4.90 Å². The van der Waals surface area contributed by atoms with Crippen molar-refractivity contribution in [3.63, 3.8) is 0 Å². The minimum atomic E-state index is -4.95. The van der Waals surface area contributed by atoms with E-state index in [1.54, 1.807) is 0 Å². The molecule has 0 saturated carbocycles. The molecule has 1 unspecified atom stereocenters. The highest BCUT2D eigenvalue weighted by atomic mass is 35.7. The molecule has 0 aromatic rings. The SMILES string of the molecule is CC(CN(C)C(=O)C(F)(F)F)CS(=O)(=O)Cl. The van der Waals surface area contributed by atoms with E-state index in [9.17, 15) is 26.4 Å². The van der Waals surface area contributed by atoms with Crippen LogP contribution in [0.15, 0.2) is 0 Å². The van der Waals surface area contributed by atoms with Gasteiger partial charge in [0.2, 0.25) is 9.05 Å². The van der Waals surface area contributed by atoms with Crippen LogP contribution in [0, 0.1) is 5.92 Å². The first-order valence-corrected chi connectivity index (χ1v) is 6.66. The van der Waals surface area contributed by atoms with E-state index in [1.807, 2.05) is 0 Å². The Bertz CT molecular complexity index is 354. The minimum absolute atomic E-state index is 0.329. The second kappa shape index (κ2) is 5.22. The van der Waals surface area contributed by atoms with Crippen molar-refractivity contribution in [2.75, 3.05) is 19.3 Å². The number of halogens is 4. The molecule has 9 heteroatoms. The molecule has 0 aliphatic rings. The van der Waals surface area contributed by atoms with E-state index >= 15 is 0 Å². The van der Waals surface area contributed by atoms with Crippen LogP contribution in [0.2, 0.25) is 0 Å². The average Bonchev–Trinajstić information content (AvgIpc) is 1.96. The molecule has 0 saturated heterocycles. The molecule has 1 amide bonds. The van der Waals surface area contributed by atoms with Gasteiger partial charge in [0.1, 0.15) is 0 Å². The molecule has 0 heterocycles. The molecule has 0 spiro atoms. The number of carbonyl (C=O) groups excluding carboxylic acids is 1. The Labute approximate surface area is 95.8 Å². The normalized spacial score (nSPS) is 14.6. The van der Waals surface area contributed by atoms with E-state index in [1.165, 1.54) is 6.92 Å². The molecule has 0 aliphatic carbocycles. The van der Waals surface area contributed by atoms with Crippen molar-refractivity contribution in [1.29, 1.82) is 0 Å². The average molecular weight is 282 g/mol. The van der Waals surface area contributed by atoms with Crippen molar-refractivity contribution in [2.24, 2.45) is 5.92 Å². The Morgan fingerprint density at radius 1 is 1.44 bits per heavy atom. The zero-order chi connectivity index (χ0) is 13.1. The van der Waals surface area contributed by atoms with Crippen molar-refractivity contribution in [2.45, 2.75) is 13.1 Å². The maximum Gasteiger partial charge on any atom is 0.471 e. The standard InChI is InChI=1S/C7H11ClF3NO3S/c1-5(4-16(8,14)15)3-12(2)6(13)7(9,10)11/h5H,3-4H2,1-2H3. The second-order valence-electron chi connectivity index (χ2n) is 3.49. The topological polar surface area (TPSA) is 54.5 Å². The van der Waals surface area contributed by atoms with Crippen LogP contribution >= 0.6 is 10.7 Å². The summed E-state index contributed by atoms with van der Waals surface area (Å²) in [6, 6.07) is 0. The van der Waals surface area contributed by atoms with Gasteiger partial charge in [-0.05, 0) is 5.92 Å². The Balaban J connectivity index is 4.36. The molecule has 0 bridgehead atoms. The van der Waals surface area contributed by atoms with Crippen LogP contribution in [0.1, 0.15) is 6.92 Å². The van der Waals surface area contributed by atoms with Gasteiger partial charge in [-0.2, -0.15) is 13.2 Å². The fraction of sp³-hybridized carbons (Fsp3) is 0.857. The van der Waals surface area contributed by atoms with E-state index in [0.29, 0.717) is 4.90 Å². The molecule has 0 aromatic carbocycles. The van der Waals surface area contributed by atoms with Crippen LogP contribution < -0.4 is 0 Å². The molecular formula is C7H11ClF3NO3S. The number of carbonyl (C=O) groups is 1. The zero-order valence-corrected chi connectivity index (χ0v) is 10.2. The van der Waals surface area contributed by atoms with Gasteiger partial charge in [-0.15, -0.1) is 0 Å². The van der Waals surface area contributed by atoms with Crippen LogP contribution in [-0.2, 0) is 13.8 Å². The molecule has 1 atom stereocenters. The van der Waals surface area contributed by atoms with Gasteiger partial charge < -0.3 is 4.90 Å². The highest BCUT2D eigenvalue weighted by molar-refractivity contribution is 8.13. The number of alkyl halides is 3. The molecule has 0 rings (SSSR count). The van der Waals surface area contributed by atoms with Gasteiger partial charge in [0.05, 0.1) is 5.75 Å². The Kier molecular flexibility index (Phi) is 5.06. The van der Waals surface area contributed by atoms with Gasteiger partial charge >= 0.3 is 12.1 Å². The summed E-state index contributed by atoms with van der Waals surface area (Å²) in [5.74, 6) is -3.16. The molecule has 0 aliphatic heterocycles. The second-order valence-corrected chi connectivity index (χ2v) is 6.32. The third-order valence-corrected chi connectivity index (χ3v) is 3.00. The summed E-state index contributed by atoms with van der Waals surface area (Å²) in [7, 11) is 2.10. The number of hydrogen-bond acceptors (Lipinski definition) is 3. The smallest absolute Gasteiger partial charge is 0.338 e. The number of hydrogen-bond donors (Lipinski definition) is 0. The van der Waals surface area contributed by atoms with Crippen molar-refractivity contribution in [3.05, 3.63) is 0 Å². The van der Waals surface area contributed by atoms with Crippen LogP contribution in [0.25, 0.3) is 0 Å². The van der Waals surface area contributed by atoms with Gasteiger partial charge in [0, 0.05) is 24.3 Å². The highest BCUT2D eigenvalue weighted by Gasteiger charge is 2.41. The van der Waals surface area contributed by atoms with E-state index in [-0.39, 0.29) is 6.54 Å². The first-order valence-electron chi connectivity index (χ1n) is 4.18. The third kappa shape index (κ3) is 6.16. The van der Waals surface area contributed by atoms with Crippen molar-refractivity contribution >= 4 is 25.6 Å². The fourth-order valence-corrected chi connectivity index (χ4v) is 2.59. The summed E-state index contributed by atoms with van der Waals surface area (Å²) >= 11 is 0. The predicted octanol–water partition coefficient (Wildman–Crippen LogP) is 1.21. The maximum atomic E-state index is 12.0. The maximum absolute atomic E-state index is 12.0. The summed E-state index contributed by atoms with van der Waals surface area (Å²) in [6.45, 7) is 1.06. The first kappa shape index (κ1) is 15.5. The number of nitrogens with zero attached hydrogens (tertiary/aromatic N) is 1. The van der Waals surface area contributed by atoms with Crippen LogP contribution in [0.3, 0.4) is 0 Å². The Morgan fingerprint density at radius 2 is 1.88 bits per heavy atom. The summed E-state index contributed by atoms with van der Waals surface area (Å²) in [5.41, 5.74) is 0. The summed E-state index contributed by atoms with van der Waals surface area (Å²) in [6.07, 6.45) is -4.95. The molecule has 16 heavy (non-hydrogen) atoms. The first-order chi connectivity index (χ1) is 6.93. The van der Waals surface area contributed by atoms with Crippen molar-refractivity contribution < 1.29 is 26.4 Å². The molecular weight excluding hydrogens is 271 g/mol. The van der Waals surface area contributed by atoms with Crippen LogP contribution in [0.5, 0.6) is 0 Å². The quantitative estimate of drug-likeness (QED) is 0.728. The van der Waals surface area contributed by atoms with Crippen molar-refractivity contribution in [3.8, 4) is 0 Å². The van der Waals surface area contributed by atoms with E-state index in [4.69, 9.17) is 10.7 Å². The lowest BCUT2D eigenvalue weighted by molar-refractivity contribution is -0.184. The Hall–Kier alpha value is -0.500. The summed E-state index contributed by atoms with van der Waals surface area (Å²) < 4.78 is 57.1. The van der Waals surface area contributed by atoms with Crippen LogP contribution in [0.4, 0.5) is 13.2 Å². The van der Waals surface area contributed by atoms with E-state index in [0.717, 1.165) is 7.05 Å². The predicted molar refractivity (Wildman–Crippen MR) is 52.5 cm³/mol.